The molecular formula is C18H29N3O2. The summed E-state index contributed by atoms with van der Waals surface area (Å²) in [5.41, 5.74) is 0.906. The van der Waals surface area contributed by atoms with Crippen LogP contribution in [-0.2, 0) is 0 Å². The highest BCUT2D eigenvalue weighted by Gasteiger charge is 2.21. The van der Waals surface area contributed by atoms with E-state index in [0.29, 0.717) is 12.6 Å². The zero-order chi connectivity index (χ0) is 16.7. The van der Waals surface area contributed by atoms with Gasteiger partial charge in [-0.15, -0.1) is 0 Å². The van der Waals surface area contributed by atoms with E-state index in [2.05, 4.69) is 29.4 Å². The second-order valence-corrected chi connectivity index (χ2v) is 6.57. The topological polar surface area (TPSA) is 64.6 Å². The van der Waals surface area contributed by atoms with Crippen molar-refractivity contribution in [2.75, 3.05) is 26.2 Å². The standard InChI is InChI=1S/C18H29N3O2/c1-14-8-10-21(11-9-14)15(2)12-19-18(23)20-17(13-22)16-6-4-3-5-7-16/h3-7,14-15,17,22H,8-13H2,1-2H3,(H2,19,20,23)/t15?,17-/m1/s1. The van der Waals surface area contributed by atoms with E-state index in [0.717, 1.165) is 24.6 Å². The molecule has 0 aliphatic carbocycles. The third kappa shape index (κ3) is 5.52. The molecule has 1 heterocycles. The molecule has 128 valence electrons. The normalized spacial score (nSPS) is 19.1. The number of piperidine rings is 1. The number of rotatable bonds is 6. The quantitative estimate of drug-likeness (QED) is 0.753. The molecule has 3 N–H and O–H groups in total. The number of hydrogen-bond acceptors (Lipinski definition) is 3. The lowest BCUT2D eigenvalue weighted by molar-refractivity contribution is 0.144. The fourth-order valence-corrected chi connectivity index (χ4v) is 2.97. The van der Waals surface area contributed by atoms with Crippen LogP contribution < -0.4 is 10.6 Å². The summed E-state index contributed by atoms with van der Waals surface area (Å²) in [7, 11) is 0. The molecule has 1 unspecified atom stereocenters. The van der Waals surface area contributed by atoms with E-state index in [1.807, 2.05) is 30.3 Å². The summed E-state index contributed by atoms with van der Waals surface area (Å²) in [5.74, 6) is 0.811. The van der Waals surface area contributed by atoms with Gasteiger partial charge in [0.25, 0.3) is 0 Å². The number of amides is 2. The van der Waals surface area contributed by atoms with E-state index < -0.39 is 0 Å². The average Bonchev–Trinajstić information content (AvgIpc) is 2.59. The molecule has 5 nitrogen and oxygen atoms in total. The molecule has 1 saturated heterocycles. The molecule has 0 saturated carbocycles. The van der Waals surface area contributed by atoms with Gasteiger partial charge < -0.3 is 15.7 Å². The first-order valence-electron chi connectivity index (χ1n) is 8.54. The summed E-state index contributed by atoms with van der Waals surface area (Å²) < 4.78 is 0. The monoisotopic (exact) mass is 319 g/mol. The minimum atomic E-state index is -0.373. The molecule has 1 aliphatic heterocycles. The van der Waals surface area contributed by atoms with E-state index in [9.17, 15) is 9.90 Å². The molecule has 2 amide bonds. The van der Waals surface area contributed by atoms with Crippen LogP contribution in [0.2, 0.25) is 0 Å². The Hall–Kier alpha value is -1.59. The maximum Gasteiger partial charge on any atom is 0.315 e. The van der Waals surface area contributed by atoms with Gasteiger partial charge in [0.2, 0.25) is 0 Å². The van der Waals surface area contributed by atoms with Gasteiger partial charge >= 0.3 is 6.03 Å². The Bertz CT molecular complexity index is 472. The average molecular weight is 319 g/mol. The van der Waals surface area contributed by atoms with Crippen molar-refractivity contribution in [1.82, 2.24) is 15.5 Å². The number of likely N-dealkylation sites (tertiary alicyclic amines) is 1. The molecule has 0 spiro atoms. The summed E-state index contributed by atoms with van der Waals surface area (Å²) in [6.45, 7) is 7.16. The zero-order valence-electron chi connectivity index (χ0n) is 14.2. The lowest BCUT2D eigenvalue weighted by Crippen LogP contribution is -2.48. The maximum absolute atomic E-state index is 12.1. The van der Waals surface area contributed by atoms with Gasteiger partial charge in [0.05, 0.1) is 12.6 Å². The smallest absolute Gasteiger partial charge is 0.315 e. The van der Waals surface area contributed by atoms with Gasteiger partial charge in [-0.05, 0) is 44.3 Å². The summed E-state index contributed by atoms with van der Waals surface area (Å²) in [4.78, 5) is 14.5. The van der Waals surface area contributed by atoms with Crippen molar-refractivity contribution < 1.29 is 9.90 Å². The number of urea groups is 1. The Morgan fingerprint density at radius 3 is 2.57 bits per heavy atom. The predicted molar refractivity (Wildman–Crippen MR) is 92.2 cm³/mol. The molecule has 1 aliphatic rings. The zero-order valence-corrected chi connectivity index (χ0v) is 14.2. The van der Waals surface area contributed by atoms with Crippen molar-refractivity contribution in [2.24, 2.45) is 5.92 Å². The van der Waals surface area contributed by atoms with Crippen molar-refractivity contribution in [3.05, 3.63) is 35.9 Å². The van der Waals surface area contributed by atoms with Crippen LogP contribution in [0.4, 0.5) is 4.79 Å². The lowest BCUT2D eigenvalue weighted by atomic mass is 9.98. The van der Waals surface area contributed by atoms with Crippen LogP contribution in [-0.4, -0.2) is 48.3 Å². The number of benzene rings is 1. The SMILES string of the molecule is CC1CCN(C(C)CNC(=O)N[C@H](CO)c2ccccc2)CC1. The van der Waals surface area contributed by atoms with Gasteiger partial charge in [-0.3, -0.25) is 4.90 Å². The number of aliphatic hydroxyl groups is 1. The van der Waals surface area contributed by atoms with Gasteiger partial charge in [-0.25, -0.2) is 4.79 Å². The van der Waals surface area contributed by atoms with E-state index in [1.165, 1.54) is 12.8 Å². The van der Waals surface area contributed by atoms with Crippen LogP contribution in [0, 0.1) is 5.92 Å². The molecule has 0 radical (unpaired) electrons. The lowest BCUT2D eigenvalue weighted by Gasteiger charge is -2.35. The Morgan fingerprint density at radius 1 is 1.30 bits per heavy atom. The van der Waals surface area contributed by atoms with Gasteiger partial charge in [0, 0.05) is 12.6 Å². The first kappa shape index (κ1) is 17.8. The highest BCUT2D eigenvalue weighted by atomic mass is 16.3. The van der Waals surface area contributed by atoms with Crippen molar-refractivity contribution in [3.63, 3.8) is 0 Å². The Labute approximate surface area is 139 Å². The number of nitrogens with one attached hydrogen (secondary N) is 2. The first-order chi connectivity index (χ1) is 11.1. The van der Waals surface area contributed by atoms with Crippen LogP contribution in [0.1, 0.15) is 38.3 Å². The molecule has 2 rings (SSSR count). The minimum absolute atomic E-state index is 0.114. The second-order valence-electron chi connectivity index (χ2n) is 6.57. The van der Waals surface area contributed by atoms with Crippen molar-refractivity contribution in [1.29, 1.82) is 0 Å². The fraction of sp³-hybridized carbons (Fsp3) is 0.611. The van der Waals surface area contributed by atoms with E-state index in [1.54, 1.807) is 0 Å². The fourth-order valence-electron chi connectivity index (χ4n) is 2.97. The molecule has 1 aromatic carbocycles. The summed E-state index contributed by atoms with van der Waals surface area (Å²) >= 11 is 0. The molecule has 2 atom stereocenters. The summed E-state index contributed by atoms with van der Waals surface area (Å²) in [5, 5.41) is 15.2. The highest BCUT2D eigenvalue weighted by Crippen LogP contribution is 2.17. The van der Waals surface area contributed by atoms with E-state index in [4.69, 9.17) is 0 Å². The molecule has 0 aromatic heterocycles. The van der Waals surface area contributed by atoms with Crippen LogP contribution in [0.25, 0.3) is 0 Å². The number of carbonyl (C=O) groups is 1. The van der Waals surface area contributed by atoms with Gasteiger partial charge in [0.1, 0.15) is 0 Å². The van der Waals surface area contributed by atoms with Crippen LogP contribution in [0.3, 0.4) is 0 Å². The number of nitrogens with zero attached hydrogens (tertiary/aromatic N) is 1. The number of hydrogen-bond donors (Lipinski definition) is 3. The Balaban J connectivity index is 1.75. The molecule has 5 heteroatoms. The van der Waals surface area contributed by atoms with Gasteiger partial charge in [-0.2, -0.15) is 0 Å². The largest absolute Gasteiger partial charge is 0.394 e. The minimum Gasteiger partial charge on any atom is -0.394 e. The molecule has 1 aromatic rings. The maximum atomic E-state index is 12.1. The van der Waals surface area contributed by atoms with Crippen molar-refractivity contribution in [2.45, 2.75) is 38.8 Å². The van der Waals surface area contributed by atoms with Crippen molar-refractivity contribution >= 4 is 6.03 Å². The Morgan fingerprint density at radius 2 is 1.96 bits per heavy atom. The molecular weight excluding hydrogens is 290 g/mol. The summed E-state index contributed by atoms with van der Waals surface area (Å²) in [6.07, 6.45) is 2.47. The molecule has 1 fully saturated rings. The highest BCUT2D eigenvalue weighted by molar-refractivity contribution is 5.74. The van der Waals surface area contributed by atoms with Crippen molar-refractivity contribution in [3.8, 4) is 0 Å². The van der Waals surface area contributed by atoms with Crippen LogP contribution in [0.15, 0.2) is 30.3 Å². The summed E-state index contributed by atoms with van der Waals surface area (Å²) in [6, 6.07) is 9.25. The second kappa shape index (κ2) is 8.89. The first-order valence-corrected chi connectivity index (χ1v) is 8.54. The van der Waals surface area contributed by atoms with Crippen LogP contribution in [0.5, 0.6) is 0 Å². The van der Waals surface area contributed by atoms with Gasteiger partial charge in [-0.1, -0.05) is 37.3 Å². The Kier molecular flexibility index (Phi) is 6.86. The molecule has 0 bridgehead atoms. The third-order valence-corrected chi connectivity index (χ3v) is 4.69. The van der Waals surface area contributed by atoms with Gasteiger partial charge in [0.15, 0.2) is 0 Å². The van der Waals surface area contributed by atoms with E-state index in [-0.39, 0.29) is 18.7 Å². The predicted octanol–water partition coefficient (Wildman–Crippen LogP) is 2.14. The number of aliphatic hydroxyl groups excluding tert-OH is 1. The van der Waals surface area contributed by atoms with E-state index >= 15 is 0 Å². The van der Waals surface area contributed by atoms with Crippen LogP contribution >= 0.6 is 0 Å². The third-order valence-electron chi connectivity index (χ3n) is 4.69. The number of carbonyl (C=O) groups excluding carboxylic acids is 1. The molecule has 23 heavy (non-hydrogen) atoms.